The smallest absolute Gasteiger partial charge is 0.257 e. The quantitative estimate of drug-likeness (QED) is 0.245. The molecule has 5 aromatic rings. The standard InChI is InChI=1S/C28H23ClN4O/c1-18(25-26(32-33-27(25)29)20-10-3-2-4-11-20)30-24-14-8-7-13-23(24)28(34)31-22-16-15-19-9-5-6-12-21(19)17-22/h2-18,30H,1H3,(H,31,34)(H,32,33). The van der Waals surface area contributed by atoms with Crippen LogP contribution < -0.4 is 10.6 Å². The molecule has 0 spiro atoms. The summed E-state index contributed by atoms with van der Waals surface area (Å²) in [6, 6.07) is 31.1. The minimum absolute atomic E-state index is 0.188. The SMILES string of the molecule is CC(Nc1ccccc1C(=O)Nc1ccc2ccccc2c1)c1c(-c2ccccc2)n[nH]c1Cl. The van der Waals surface area contributed by atoms with Crippen molar-refractivity contribution in [3.63, 3.8) is 0 Å². The van der Waals surface area contributed by atoms with E-state index in [4.69, 9.17) is 11.6 Å². The van der Waals surface area contributed by atoms with Crippen molar-refractivity contribution in [1.29, 1.82) is 0 Å². The molecule has 0 fully saturated rings. The summed E-state index contributed by atoms with van der Waals surface area (Å²) >= 11 is 6.48. The van der Waals surface area contributed by atoms with Crippen molar-refractivity contribution in [3.05, 3.63) is 113 Å². The van der Waals surface area contributed by atoms with Crippen molar-refractivity contribution in [3.8, 4) is 11.3 Å². The van der Waals surface area contributed by atoms with E-state index in [0.717, 1.165) is 33.3 Å². The van der Waals surface area contributed by atoms with Crippen LogP contribution in [0.4, 0.5) is 11.4 Å². The molecule has 0 bridgehead atoms. The molecular formula is C28H23ClN4O. The first kappa shape index (κ1) is 21.7. The van der Waals surface area contributed by atoms with Crippen molar-refractivity contribution in [2.24, 2.45) is 0 Å². The molecule has 1 unspecified atom stereocenters. The molecule has 0 aliphatic carbocycles. The molecule has 168 valence electrons. The lowest BCUT2D eigenvalue weighted by molar-refractivity contribution is 0.102. The highest BCUT2D eigenvalue weighted by molar-refractivity contribution is 6.30. The molecule has 0 aliphatic rings. The van der Waals surface area contributed by atoms with Crippen LogP contribution in [0.2, 0.25) is 5.15 Å². The van der Waals surface area contributed by atoms with Crippen LogP contribution in [0, 0.1) is 0 Å². The average Bonchev–Trinajstić information content (AvgIpc) is 3.26. The summed E-state index contributed by atoms with van der Waals surface area (Å²) in [5, 5.41) is 16.4. The number of fused-ring (bicyclic) bond motifs is 1. The lowest BCUT2D eigenvalue weighted by Gasteiger charge is -2.19. The van der Waals surface area contributed by atoms with Crippen molar-refractivity contribution >= 4 is 39.7 Å². The average molecular weight is 467 g/mol. The largest absolute Gasteiger partial charge is 0.378 e. The fourth-order valence-electron chi connectivity index (χ4n) is 4.12. The Morgan fingerprint density at radius 1 is 0.882 bits per heavy atom. The van der Waals surface area contributed by atoms with Gasteiger partial charge in [-0.2, -0.15) is 5.10 Å². The van der Waals surface area contributed by atoms with Gasteiger partial charge in [0.15, 0.2) is 0 Å². The second kappa shape index (κ2) is 9.41. The summed E-state index contributed by atoms with van der Waals surface area (Å²) in [5.41, 5.74) is 4.60. The van der Waals surface area contributed by atoms with E-state index in [1.165, 1.54) is 0 Å². The van der Waals surface area contributed by atoms with Gasteiger partial charge in [0.05, 0.1) is 17.3 Å². The van der Waals surface area contributed by atoms with Crippen LogP contribution in [0.3, 0.4) is 0 Å². The minimum atomic E-state index is -0.198. The number of H-pyrrole nitrogens is 1. The number of aromatic amines is 1. The second-order valence-electron chi connectivity index (χ2n) is 8.09. The van der Waals surface area contributed by atoms with Crippen LogP contribution in [0.5, 0.6) is 0 Å². The molecule has 1 aromatic heterocycles. The van der Waals surface area contributed by atoms with Crippen molar-refractivity contribution in [2.45, 2.75) is 13.0 Å². The van der Waals surface area contributed by atoms with E-state index in [-0.39, 0.29) is 11.9 Å². The Bertz CT molecular complexity index is 1460. The van der Waals surface area contributed by atoms with Gasteiger partial charge < -0.3 is 10.6 Å². The molecule has 1 atom stereocenters. The number of aromatic nitrogens is 2. The van der Waals surface area contributed by atoms with Gasteiger partial charge in [0.2, 0.25) is 0 Å². The lowest BCUT2D eigenvalue weighted by Crippen LogP contribution is -2.16. The predicted octanol–water partition coefficient (Wildman–Crippen LogP) is 7.31. The molecule has 0 radical (unpaired) electrons. The fraction of sp³-hybridized carbons (Fsp3) is 0.0714. The topological polar surface area (TPSA) is 69.8 Å². The number of carbonyl (C=O) groups is 1. The molecule has 5 nitrogen and oxygen atoms in total. The first-order valence-electron chi connectivity index (χ1n) is 11.0. The van der Waals surface area contributed by atoms with Gasteiger partial charge in [0.25, 0.3) is 5.91 Å². The number of amides is 1. The summed E-state index contributed by atoms with van der Waals surface area (Å²) < 4.78 is 0. The maximum Gasteiger partial charge on any atom is 0.257 e. The molecule has 0 saturated carbocycles. The van der Waals surface area contributed by atoms with E-state index in [1.807, 2.05) is 97.9 Å². The van der Waals surface area contributed by atoms with E-state index in [1.54, 1.807) is 6.07 Å². The Labute approximate surface area is 202 Å². The predicted molar refractivity (Wildman–Crippen MR) is 139 cm³/mol. The van der Waals surface area contributed by atoms with Crippen LogP contribution in [0.15, 0.2) is 97.1 Å². The maximum absolute atomic E-state index is 13.2. The fourth-order valence-corrected chi connectivity index (χ4v) is 4.41. The molecule has 6 heteroatoms. The molecule has 5 rings (SSSR count). The van der Waals surface area contributed by atoms with Crippen LogP contribution >= 0.6 is 11.6 Å². The number of rotatable bonds is 6. The lowest BCUT2D eigenvalue weighted by atomic mass is 10.0. The van der Waals surface area contributed by atoms with E-state index in [0.29, 0.717) is 16.4 Å². The van der Waals surface area contributed by atoms with Crippen LogP contribution in [0.1, 0.15) is 28.9 Å². The first-order chi connectivity index (χ1) is 16.6. The molecule has 0 saturated heterocycles. The number of halogens is 1. The summed E-state index contributed by atoms with van der Waals surface area (Å²) in [7, 11) is 0. The van der Waals surface area contributed by atoms with Gasteiger partial charge in [-0.1, -0.05) is 84.4 Å². The Morgan fingerprint density at radius 2 is 1.59 bits per heavy atom. The molecule has 1 heterocycles. The van der Waals surface area contributed by atoms with Crippen LogP contribution in [0.25, 0.3) is 22.0 Å². The molecule has 0 aliphatic heterocycles. The number of carbonyl (C=O) groups excluding carboxylic acids is 1. The molecule has 4 aromatic carbocycles. The van der Waals surface area contributed by atoms with Gasteiger partial charge in [-0.3, -0.25) is 9.89 Å². The highest BCUT2D eigenvalue weighted by Crippen LogP contribution is 2.34. The third-order valence-corrected chi connectivity index (χ3v) is 6.08. The van der Waals surface area contributed by atoms with E-state index in [2.05, 4.69) is 20.8 Å². The van der Waals surface area contributed by atoms with Crippen LogP contribution in [-0.4, -0.2) is 16.1 Å². The third-order valence-electron chi connectivity index (χ3n) is 5.79. The number of anilines is 2. The minimum Gasteiger partial charge on any atom is -0.378 e. The molecule has 1 amide bonds. The monoisotopic (exact) mass is 466 g/mol. The third kappa shape index (κ3) is 4.38. The van der Waals surface area contributed by atoms with Gasteiger partial charge in [-0.15, -0.1) is 0 Å². The van der Waals surface area contributed by atoms with Gasteiger partial charge in [-0.05, 0) is 42.0 Å². The summed E-state index contributed by atoms with van der Waals surface area (Å²) in [4.78, 5) is 13.2. The number of nitrogens with one attached hydrogen (secondary N) is 3. The molecule has 3 N–H and O–H groups in total. The van der Waals surface area contributed by atoms with Crippen molar-refractivity contribution < 1.29 is 4.79 Å². The number of hydrogen-bond acceptors (Lipinski definition) is 3. The van der Waals surface area contributed by atoms with Gasteiger partial charge in [-0.25, -0.2) is 0 Å². The highest BCUT2D eigenvalue weighted by atomic mass is 35.5. The summed E-state index contributed by atoms with van der Waals surface area (Å²) in [6.45, 7) is 2.00. The van der Waals surface area contributed by atoms with Gasteiger partial charge in [0, 0.05) is 22.5 Å². The number of benzene rings is 4. The zero-order chi connectivity index (χ0) is 23.5. The zero-order valence-corrected chi connectivity index (χ0v) is 19.3. The number of nitrogens with zero attached hydrogens (tertiary/aromatic N) is 1. The van der Waals surface area contributed by atoms with Gasteiger partial charge in [0.1, 0.15) is 5.15 Å². The van der Waals surface area contributed by atoms with E-state index < -0.39 is 0 Å². The normalized spacial score (nSPS) is 11.8. The molecule has 34 heavy (non-hydrogen) atoms. The van der Waals surface area contributed by atoms with Crippen LogP contribution in [-0.2, 0) is 0 Å². The first-order valence-corrected chi connectivity index (χ1v) is 11.4. The maximum atomic E-state index is 13.2. The Balaban J connectivity index is 1.40. The summed E-state index contributed by atoms with van der Waals surface area (Å²) in [5.74, 6) is -0.188. The Kier molecular flexibility index (Phi) is 6.02. The second-order valence-corrected chi connectivity index (χ2v) is 8.47. The van der Waals surface area contributed by atoms with E-state index in [9.17, 15) is 4.79 Å². The number of hydrogen-bond donors (Lipinski definition) is 3. The van der Waals surface area contributed by atoms with Crippen molar-refractivity contribution in [1.82, 2.24) is 10.2 Å². The zero-order valence-electron chi connectivity index (χ0n) is 18.5. The Morgan fingerprint density at radius 3 is 2.41 bits per heavy atom. The number of para-hydroxylation sites is 1. The van der Waals surface area contributed by atoms with Gasteiger partial charge >= 0.3 is 0 Å². The summed E-state index contributed by atoms with van der Waals surface area (Å²) in [6.07, 6.45) is 0. The Hall–Kier alpha value is -4.09. The van der Waals surface area contributed by atoms with E-state index >= 15 is 0 Å². The highest BCUT2D eigenvalue weighted by Gasteiger charge is 2.21. The van der Waals surface area contributed by atoms with Crippen molar-refractivity contribution in [2.75, 3.05) is 10.6 Å². The molecular weight excluding hydrogens is 444 g/mol.